The van der Waals surface area contributed by atoms with Gasteiger partial charge >= 0.3 is 0 Å². The van der Waals surface area contributed by atoms with Crippen molar-refractivity contribution in [3.05, 3.63) is 144 Å². The van der Waals surface area contributed by atoms with E-state index in [0.29, 0.717) is 57.3 Å². The smallest absolute Gasteiger partial charge is 0.265 e. The van der Waals surface area contributed by atoms with Crippen molar-refractivity contribution < 1.29 is 24.2 Å². The van der Waals surface area contributed by atoms with Gasteiger partial charge < -0.3 is 33.3 Å². The van der Waals surface area contributed by atoms with Crippen molar-refractivity contribution in [1.82, 2.24) is 23.7 Å². The molecular weight excluding hydrogens is 799 g/mol. The van der Waals surface area contributed by atoms with E-state index in [-0.39, 0.29) is 55.2 Å². The second-order valence-electron chi connectivity index (χ2n) is 15.6. The molecule has 60 heavy (non-hydrogen) atoms. The monoisotopic (exact) mass is 844 g/mol. The second-order valence-corrected chi connectivity index (χ2v) is 15.6. The number of aryl methyl sites for hydroxylation is 1. The van der Waals surface area contributed by atoms with Crippen LogP contribution in [0.2, 0.25) is 0 Å². The van der Waals surface area contributed by atoms with Crippen LogP contribution < -0.4 is 14.4 Å². The van der Waals surface area contributed by atoms with Crippen LogP contribution in [0, 0.1) is 0 Å². The van der Waals surface area contributed by atoms with Gasteiger partial charge in [-0.3, -0.25) is 19.4 Å². The molecule has 0 bridgehead atoms. The fourth-order valence-corrected chi connectivity index (χ4v) is 8.85. The highest BCUT2D eigenvalue weighted by Gasteiger charge is 2.35. The zero-order valence-electron chi connectivity index (χ0n) is 33.4. The Balaban J connectivity index is 0.00000249. The number of rotatable bonds is 7. The molecular formula is C47H46Cl2N6O5. The lowest BCUT2D eigenvalue weighted by Crippen LogP contribution is -2.53. The molecule has 308 valence electrons. The molecule has 6 heterocycles. The van der Waals surface area contributed by atoms with Crippen molar-refractivity contribution in [2.45, 2.75) is 19.0 Å². The number of halogens is 2. The third-order valence-electron chi connectivity index (χ3n) is 12.0. The number of hydrogen-bond acceptors (Lipinski definition) is 7. The molecule has 10 rings (SSSR count). The molecule has 1 atom stereocenters. The number of phenols is 1. The third kappa shape index (κ3) is 7.32. The lowest BCUT2D eigenvalue weighted by Gasteiger charge is -2.41. The number of nitrogens with zero attached hydrogens (tertiary/aromatic N) is 6. The van der Waals surface area contributed by atoms with Crippen molar-refractivity contribution in [2.24, 2.45) is 7.05 Å². The van der Waals surface area contributed by atoms with Gasteiger partial charge in [0.1, 0.15) is 5.75 Å². The summed E-state index contributed by atoms with van der Waals surface area (Å²) in [6, 6.07) is 34.4. The van der Waals surface area contributed by atoms with Crippen molar-refractivity contribution in [2.75, 3.05) is 51.5 Å². The first kappa shape index (κ1) is 40.8. The Labute approximate surface area is 360 Å². The van der Waals surface area contributed by atoms with Gasteiger partial charge in [0.2, 0.25) is 6.79 Å². The fourth-order valence-electron chi connectivity index (χ4n) is 8.85. The lowest BCUT2D eigenvalue weighted by molar-refractivity contribution is 0.0536. The van der Waals surface area contributed by atoms with Crippen molar-refractivity contribution in [1.29, 1.82) is 0 Å². The standard InChI is InChI=1S/C47H44N6O5.2ClH/c1-48-19-21-50(22-20-48)29-36-23-31-7-3-4-8-33(31)28-52(36)46(55)39-27-45-44(57-30-58-45)26-38(39)43-25-40(42-9-5-6-17-51(42)43)47(56)53(34-10-13-37(54)14-11-34)35-12-15-41-32(24-35)16-18-49(41)2;;/h3-18,24-27,36,54H,19-23,28-30H2,1-2H3;2*1H/t36-;;/m0../s1. The van der Waals surface area contributed by atoms with Gasteiger partial charge in [-0.05, 0) is 103 Å². The van der Waals surface area contributed by atoms with Gasteiger partial charge in [-0.25, -0.2) is 0 Å². The zero-order valence-corrected chi connectivity index (χ0v) is 35.0. The van der Waals surface area contributed by atoms with E-state index in [1.807, 2.05) is 100 Å². The summed E-state index contributed by atoms with van der Waals surface area (Å²) in [5.41, 5.74) is 7.70. The number of phenolic OH excluding ortho intramolecular Hbond substituents is 1. The first-order chi connectivity index (χ1) is 28.3. The maximum atomic E-state index is 15.3. The summed E-state index contributed by atoms with van der Waals surface area (Å²) in [6.45, 7) is 5.24. The predicted molar refractivity (Wildman–Crippen MR) is 239 cm³/mol. The Kier molecular flexibility index (Phi) is 11.3. The van der Waals surface area contributed by atoms with Crippen molar-refractivity contribution in [3.63, 3.8) is 0 Å². The highest BCUT2D eigenvalue weighted by Crippen LogP contribution is 2.42. The Morgan fingerprint density at radius 2 is 1.45 bits per heavy atom. The number of carbonyl (C=O) groups is 2. The topological polar surface area (TPSA) is 95.1 Å². The minimum absolute atomic E-state index is 0. The molecule has 1 N–H and O–H groups in total. The number of aromatic hydroxyl groups is 1. The molecule has 0 spiro atoms. The van der Waals surface area contributed by atoms with E-state index < -0.39 is 0 Å². The number of amides is 2. The quantitative estimate of drug-likeness (QED) is 0.173. The highest BCUT2D eigenvalue weighted by molar-refractivity contribution is 6.16. The molecule has 1 fully saturated rings. The SMILES string of the molecule is CN1CCN(C[C@@H]2Cc3ccccc3CN2C(=O)c2cc3c(cc2-c2cc(C(=O)N(c4ccc(O)cc4)c4ccc5c(ccn5C)c4)c4ccccn24)OCO3)CC1.Cl.Cl. The van der Waals surface area contributed by atoms with E-state index in [1.165, 1.54) is 5.56 Å². The Morgan fingerprint density at radius 1 is 0.733 bits per heavy atom. The van der Waals surface area contributed by atoms with Crippen LogP contribution in [0.1, 0.15) is 31.8 Å². The van der Waals surface area contributed by atoms with E-state index >= 15 is 9.59 Å². The van der Waals surface area contributed by atoms with Crippen LogP contribution in [0.5, 0.6) is 17.2 Å². The van der Waals surface area contributed by atoms with E-state index in [4.69, 9.17) is 9.47 Å². The van der Waals surface area contributed by atoms with Gasteiger partial charge in [-0.2, -0.15) is 0 Å². The molecule has 1 saturated heterocycles. The average molecular weight is 846 g/mol. The average Bonchev–Trinajstić information content (AvgIpc) is 3.98. The molecule has 2 amide bonds. The molecule has 7 aromatic rings. The summed E-state index contributed by atoms with van der Waals surface area (Å²) in [6.07, 6.45) is 4.69. The number of pyridine rings is 1. The normalized spacial score (nSPS) is 16.3. The first-order valence-electron chi connectivity index (χ1n) is 19.8. The molecule has 3 aliphatic heterocycles. The van der Waals surface area contributed by atoms with Crippen LogP contribution in [0.3, 0.4) is 0 Å². The number of likely N-dealkylation sites (N-methyl/N-ethyl adjacent to an activating group) is 1. The highest BCUT2D eigenvalue weighted by atomic mass is 35.5. The minimum Gasteiger partial charge on any atom is -0.508 e. The molecule has 0 unspecified atom stereocenters. The lowest BCUT2D eigenvalue weighted by atomic mass is 9.92. The number of carbonyl (C=O) groups excluding carboxylic acids is 2. The summed E-state index contributed by atoms with van der Waals surface area (Å²) in [5, 5.41) is 11.2. The van der Waals surface area contributed by atoms with E-state index in [9.17, 15) is 5.11 Å². The van der Waals surface area contributed by atoms with Crippen LogP contribution in [0.4, 0.5) is 11.4 Å². The van der Waals surface area contributed by atoms with Crippen LogP contribution in [0.15, 0.2) is 122 Å². The molecule has 3 aliphatic rings. The molecule has 3 aromatic heterocycles. The number of benzene rings is 4. The third-order valence-corrected chi connectivity index (χ3v) is 12.0. The van der Waals surface area contributed by atoms with Gasteiger partial charge in [-0.15, -0.1) is 24.8 Å². The van der Waals surface area contributed by atoms with Gasteiger partial charge in [0.15, 0.2) is 11.5 Å². The number of aromatic nitrogens is 2. The number of fused-ring (bicyclic) bond motifs is 4. The maximum Gasteiger partial charge on any atom is 0.265 e. The van der Waals surface area contributed by atoms with Gasteiger partial charge in [0.25, 0.3) is 11.8 Å². The summed E-state index contributed by atoms with van der Waals surface area (Å²) in [5.74, 6) is 0.818. The number of anilines is 2. The Morgan fingerprint density at radius 3 is 2.23 bits per heavy atom. The van der Waals surface area contributed by atoms with Gasteiger partial charge in [-0.1, -0.05) is 30.3 Å². The van der Waals surface area contributed by atoms with Crippen LogP contribution >= 0.6 is 24.8 Å². The first-order valence-corrected chi connectivity index (χ1v) is 19.8. The van der Waals surface area contributed by atoms with Crippen LogP contribution in [-0.4, -0.2) is 93.2 Å². The minimum atomic E-state index is -0.260. The van der Waals surface area contributed by atoms with Crippen molar-refractivity contribution in [3.8, 4) is 28.5 Å². The zero-order chi connectivity index (χ0) is 39.5. The van der Waals surface area contributed by atoms with E-state index in [0.717, 1.165) is 55.6 Å². The number of hydrogen-bond donors (Lipinski definition) is 1. The number of piperazine rings is 1. The van der Waals surface area contributed by atoms with Gasteiger partial charge in [0, 0.05) is 92.6 Å². The second kappa shape index (κ2) is 16.6. The van der Waals surface area contributed by atoms with Crippen LogP contribution in [0.25, 0.3) is 27.7 Å². The predicted octanol–water partition coefficient (Wildman–Crippen LogP) is 8.17. The van der Waals surface area contributed by atoms with Gasteiger partial charge in [0.05, 0.1) is 22.3 Å². The molecule has 11 nitrogen and oxygen atoms in total. The van der Waals surface area contributed by atoms with Crippen molar-refractivity contribution >= 4 is 64.4 Å². The summed E-state index contributed by atoms with van der Waals surface area (Å²) >= 11 is 0. The van der Waals surface area contributed by atoms with E-state index in [2.05, 4.69) is 35.0 Å². The Bertz CT molecular complexity index is 2720. The molecule has 0 aliphatic carbocycles. The largest absolute Gasteiger partial charge is 0.508 e. The summed E-state index contributed by atoms with van der Waals surface area (Å²) in [4.78, 5) is 39.0. The molecule has 0 radical (unpaired) electrons. The maximum absolute atomic E-state index is 15.3. The molecule has 0 saturated carbocycles. The fraction of sp³-hybridized carbons (Fsp3) is 0.234. The van der Waals surface area contributed by atoms with E-state index in [1.54, 1.807) is 29.2 Å². The Hall–Kier alpha value is -5.98. The molecule has 4 aromatic carbocycles. The number of ether oxygens (including phenoxy) is 2. The van der Waals surface area contributed by atoms with Crippen LogP contribution in [-0.2, 0) is 20.0 Å². The summed E-state index contributed by atoms with van der Waals surface area (Å²) in [7, 11) is 4.15. The summed E-state index contributed by atoms with van der Waals surface area (Å²) < 4.78 is 15.8. The molecule has 13 heteroatoms.